The number of nitrogens with two attached hydrogens (primary N) is 1. The first-order valence-corrected chi connectivity index (χ1v) is 14.4. The minimum absolute atomic E-state index is 0.0218. The van der Waals surface area contributed by atoms with E-state index in [2.05, 4.69) is 16.6 Å². The van der Waals surface area contributed by atoms with E-state index in [0.29, 0.717) is 6.54 Å². The highest BCUT2D eigenvalue weighted by molar-refractivity contribution is 7.89. The summed E-state index contributed by atoms with van der Waals surface area (Å²) in [5, 5.41) is 11.9. The minimum Gasteiger partial charge on any atom is -0.480 e. The molecule has 208 valence electrons. The Bertz CT molecular complexity index is 1320. The highest BCUT2D eigenvalue weighted by Crippen LogP contribution is 2.24. The van der Waals surface area contributed by atoms with Crippen molar-refractivity contribution in [2.45, 2.75) is 62.0 Å². The van der Waals surface area contributed by atoms with E-state index in [0.717, 1.165) is 47.9 Å². The van der Waals surface area contributed by atoms with Gasteiger partial charge in [-0.2, -0.15) is 0 Å². The number of sulfonamides is 1. The molecule has 5 N–H and O–H groups in total. The van der Waals surface area contributed by atoms with Crippen molar-refractivity contribution in [3.05, 3.63) is 103 Å². The lowest BCUT2D eigenvalue weighted by atomic mass is 9.96. The van der Waals surface area contributed by atoms with Crippen LogP contribution in [-0.4, -0.2) is 31.6 Å². The summed E-state index contributed by atoms with van der Waals surface area (Å²) in [7, 11) is -3.52. The first kappa shape index (κ1) is 30.0. The smallest absolute Gasteiger partial charge is 0.320 e. The van der Waals surface area contributed by atoms with Crippen LogP contribution in [0.15, 0.2) is 90.5 Å². The molecule has 1 saturated carbocycles. The maximum atomic E-state index is 12.6. The van der Waals surface area contributed by atoms with E-state index in [-0.39, 0.29) is 23.2 Å². The van der Waals surface area contributed by atoms with Crippen molar-refractivity contribution in [2.24, 2.45) is 5.73 Å². The molecule has 0 bridgehead atoms. The predicted molar refractivity (Wildman–Crippen MR) is 152 cm³/mol. The number of hydrogen-bond donors (Lipinski definition) is 4. The molecule has 4 rings (SSSR count). The lowest BCUT2D eigenvalue weighted by Gasteiger charge is -2.22. The second kappa shape index (κ2) is 14.6. The van der Waals surface area contributed by atoms with Crippen molar-refractivity contribution in [3.63, 3.8) is 0 Å². The number of hydrogen-bond acceptors (Lipinski definition) is 5. The number of benzene rings is 3. The van der Waals surface area contributed by atoms with E-state index >= 15 is 0 Å². The fourth-order valence-electron chi connectivity index (χ4n) is 4.35. The molecule has 0 radical (unpaired) electrons. The third kappa shape index (κ3) is 9.62. The van der Waals surface area contributed by atoms with Crippen LogP contribution in [0, 0.1) is 5.82 Å². The Balaban J connectivity index is 0.000000320. The highest BCUT2D eigenvalue weighted by Gasteiger charge is 2.21. The van der Waals surface area contributed by atoms with Gasteiger partial charge in [0.1, 0.15) is 11.9 Å². The first-order chi connectivity index (χ1) is 18.7. The molecule has 39 heavy (non-hydrogen) atoms. The van der Waals surface area contributed by atoms with E-state index in [4.69, 9.17) is 10.8 Å². The van der Waals surface area contributed by atoms with Crippen molar-refractivity contribution in [1.29, 1.82) is 0 Å². The van der Waals surface area contributed by atoms with Gasteiger partial charge in [-0.05, 0) is 72.0 Å². The number of rotatable bonds is 10. The third-order valence-corrected chi connectivity index (χ3v) is 8.02. The van der Waals surface area contributed by atoms with Gasteiger partial charge in [0, 0.05) is 12.6 Å². The predicted octanol–water partition coefficient (Wildman–Crippen LogP) is 4.98. The Morgan fingerprint density at radius 1 is 1.00 bits per heavy atom. The molecule has 1 aliphatic carbocycles. The average molecular weight is 554 g/mol. The summed E-state index contributed by atoms with van der Waals surface area (Å²) in [6.45, 7) is 4.21. The van der Waals surface area contributed by atoms with Crippen LogP contribution in [0.5, 0.6) is 0 Å². The molecule has 9 heteroatoms. The van der Waals surface area contributed by atoms with E-state index in [1.54, 1.807) is 42.6 Å². The molecular weight excluding hydrogens is 517 g/mol. The standard InChI is InChI=1S/C21H26N2O4S.C9H10FN/c22-20(21(24)25)14-15-5-4-6-17(13-15)16-9-11-19(12-10-16)28(26,27)23-18-7-2-1-3-8-18;1-2-11-7-8-3-5-9(10)6-4-8/h4-6,9-13,18,20,23H,1-3,7-8,14,22H2,(H,24,25);2-6,11H,1,7H2/t20-;/m1./s1. The molecule has 1 aliphatic rings. The zero-order chi connectivity index (χ0) is 28.3. The molecule has 0 aliphatic heterocycles. The molecule has 0 unspecified atom stereocenters. The number of carbonyl (C=O) groups is 1. The van der Waals surface area contributed by atoms with Gasteiger partial charge in [0.15, 0.2) is 0 Å². The molecule has 0 amide bonds. The summed E-state index contributed by atoms with van der Waals surface area (Å²) in [6, 6.07) is 19.7. The van der Waals surface area contributed by atoms with E-state index in [9.17, 15) is 17.6 Å². The molecule has 0 saturated heterocycles. The summed E-state index contributed by atoms with van der Waals surface area (Å²) < 4.78 is 40.4. The van der Waals surface area contributed by atoms with Gasteiger partial charge in [-0.1, -0.05) is 74.4 Å². The monoisotopic (exact) mass is 553 g/mol. The Hall–Kier alpha value is -3.53. The van der Waals surface area contributed by atoms with Crippen LogP contribution < -0.4 is 15.8 Å². The molecule has 1 atom stereocenters. The molecule has 3 aromatic rings. The zero-order valence-electron chi connectivity index (χ0n) is 21.9. The second-order valence-corrected chi connectivity index (χ2v) is 11.3. The van der Waals surface area contributed by atoms with Gasteiger partial charge >= 0.3 is 5.97 Å². The zero-order valence-corrected chi connectivity index (χ0v) is 22.7. The Morgan fingerprint density at radius 3 is 2.28 bits per heavy atom. The quantitative estimate of drug-likeness (QED) is 0.281. The van der Waals surface area contributed by atoms with Crippen LogP contribution >= 0.6 is 0 Å². The van der Waals surface area contributed by atoms with Gasteiger partial charge in [0.25, 0.3) is 0 Å². The third-order valence-electron chi connectivity index (χ3n) is 6.49. The van der Waals surface area contributed by atoms with E-state index < -0.39 is 22.0 Å². The van der Waals surface area contributed by atoms with Crippen LogP contribution in [0.2, 0.25) is 0 Å². The normalized spacial score (nSPS) is 14.5. The van der Waals surface area contributed by atoms with Gasteiger partial charge in [-0.3, -0.25) is 4.79 Å². The topological polar surface area (TPSA) is 122 Å². The number of halogens is 1. The lowest BCUT2D eigenvalue weighted by Crippen LogP contribution is -2.36. The number of nitrogens with one attached hydrogen (secondary N) is 2. The van der Waals surface area contributed by atoms with Gasteiger partial charge in [0.05, 0.1) is 4.90 Å². The summed E-state index contributed by atoms with van der Waals surface area (Å²) in [6.07, 6.45) is 6.93. The van der Waals surface area contributed by atoms with Crippen molar-refractivity contribution in [3.8, 4) is 11.1 Å². The largest absolute Gasteiger partial charge is 0.480 e. The Morgan fingerprint density at radius 2 is 1.67 bits per heavy atom. The fourth-order valence-corrected chi connectivity index (χ4v) is 5.65. The van der Waals surface area contributed by atoms with Crippen molar-refractivity contribution in [2.75, 3.05) is 0 Å². The molecule has 1 fully saturated rings. The van der Waals surface area contributed by atoms with Crippen LogP contribution in [0.3, 0.4) is 0 Å². The highest BCUT2D eigenvalue weighted by atomic mass is 32.2. The number of carboxylic acid groups (broad SMARTS) is 1. The van der Waals surface area contributed by atoms with Crippen molar-refractivity contribution < 1.29 is 22.7 Å². The maximum absolute atomic E-state index is 12.6. The lowest BCUT2D eigenvalue weighted by molar-refractivity contribution is -0.138. The van der Waals surface area contributed by atoms with Gasteiger partial charge in [-0.25, -0.2) is 17.5 Å². The summed E-state index contributed by atoms with van der Waals surface area (Å²) in [5.41, 5.74) is 9.23. The first-order valence-electron chi connectivity index (χ1n) is 13.0. The molecule has 0 aromatic heterocycles. The maximum Gasteiger partial charge on any atom is 0.320 e. The summed E-state index contributed by atoms with van der Waals surface area (Å²) in [5.74, 6) is -1.24. The number of carboxylic acids is 1. The van der Waals surface area contributed by atoms with Gasteiger partial charge in [-0.15, -0.1) is 0 Å². The second-order valence-electron chi connectivity index (χ2n) is 9.54. The van der Waals surface area contributed by atoms with Crippen LogP contribution in [0.4, 0.5) is 4.39 Å². The molecular formula is C30H36FN3O4S. The van der Waals surface area contributed by atoms with E-state index in [1.165, 1.54) is 18.6 Å². The Labute approximate surface area is 230 Å². The van der Waals surface area contributed by atoms with Crippen molar-refractivity contribution in [1.82, 2.24) is 10.0 Å². The summed E-state index contributed by atoms with van der Waals surface area (Å²) >= 11 is 0. The fraction of sp³-hybridized carbons (Fsp3) is 0.300. The Kier molecular flexibility index (Phi) is 11.2. The van der Waals surface area contributed by atoms with Crippen LogP contribution in [-0.2, 0) is 27.8 Å². The summed E-state index contributed by atoms with van der Waals surface area (Å²) in [4.78, 5) is 11.2. The number of aliphatic carboxylic acids is 1. The molecule has 7 nitrogen and oxygen atoms in total. The van der Waals surface area contributed by atoms with Gasteiger partial charge in [0.2, 0.25) is 10.0 Å². The van der Waals surface area contributed by atoms with Crippen molar-refractivity contribution >= 4 is 16.0 Å². The minimum atomic E-state index is -3.52. The molecule has 0 heterocycles. The van der Waals surface area contributed by atoms with Crippen LogP contribution in [0.25, 0.3) is 11.1 Å². The van der Waals surface area contributed by atoms with E-state index in [1.807, 2.05) is 24.3 Å². The molecule has 0 spiro atoms. The SMILES string of the molecule is C=CNCc1ccc(F)cc1.N[C@H](Cc1cccc(-c2ccc(S(=O)(=O)NC3CCCCC3)cc2)c1)C(=O)O. The average Bonchev–Trinajstić information content (AvgIpc) is 2.93. The van der Waals surface area contributed by atoms with Gasteiger partial charge < -0.3 is 16.2 Å². The molecule has 3 aromatic carbocycles. The van der Waals surface area contributed by atoms with Crippen LogP contribution in [0.1, 0.15) is 43.2 Å².